The van der Waals surface area contributed by atoms with Crippen molar-refractivity contribution >= 4 is 23.4 Å². The number of anilines is 1. The van der Waals surface area contributed by atoms with Crippen LogP contribution in [0.3, 0.4) is 0 Å². The zero-order chi connectivity index (χ0) is 17.5. The molecule has 0 radical (unpaired) electrons. The monoisotopic (exact) mass is 350 g/mol. The lowest BCUT2D eigenvalue weighted by molar-refractivity contribution is -0.117. The van der Waals surface area contributed by atoms with Gasteiger partial charge in [0.05, 0.1) is 6.04 Å². The minimum atomic E-state index is -2.45. The molecular weight excluding hydrogens is 330 g/mol. The fourth-order valence-corrected chi connectivity index (χ4v) is 2.76. The molecule has 0 heterocycles. The second-order valence-electron chi connectivity index (χ2n) is 5.41. The van der Waals surface area contributed by atoms with Gasteiger partial charge in [0, 0.05) is 16.6 Å². The largest absolute Gasteiger partial charge is 0.325 e. The fraction of sp³-hybridized carbons (Fsp3) is 0.278. The molecule has 2 aromatic rings. The molecule has 1 amide bonds. The highest BCUT2D eigenvalue weighted by molar-refractivity contribution is 7.99. The molecule has 0 saturated heterocycles. The van der Waals surface area contributed by atoms with Gasteiger partial charge in [0.2, 0.25) is 5.91 Å². The molecule has 0 unspecified atom stereocenters. The average molecular weight is 350 g/mol. The van der Waals surface area contributed by atoms with E-state index in [4.69, 9.17) is 0 Å². The Bertz CT molecular complexity index is 650. The van der Waals surface area contributed by atoms with Crippen LogP contribution in [-0.2, 0) is 4.79 Å². The van der Waals surface area contributed by atoms with E-state index in [0.29, 0.717) is 22.3 Å². The second-order valence-corrected chi connectivity index (χ2v) is 6.48. The van der Waals surface area contributed by atoms with Gasteiger partial charge in [-0.25, -0.2) is 0 Å². The first-order valence-electron chi connectivity index (χ1n) is 7.62. The van der Waals surface area contributed by atoms with Crippen LogP contribution in [0.5, 0.6) is 0 Å². The van der Waals surface area contributed by atoms with Crippen molar-refractivity contribution in [1.29, 1.82) is 0 Å². The normalized spacial score (nSPS) is 13.5. The van der Waals surface area contributed by atoms with Gasteiger partial charge in [-0.05, 0) is 43.7 Å². The summed E-state index contributed by atoms with van der Waals surface area (Å²) in [4.78, 5) is 12.7. The lowest BCUT2D eigenvalue weighted by Gasteiger charge is -2.20. The number of carbonyl (C=O) groups excluding carboxylic acids is 1. The lowest BCUT2D eigenvalue weighted by Crippen LogP contribution is -2.39. The summed E-state index contributed by atoms with van der Waals surface area (Å²) < 4.78 is 24.6. The molecule has 0 aliphatic heterocycles. The van der Waals surface area contributed by atoms with Gasteiger partial charge in [0.1, 0.15) is 0 Å². The van der Waals surface area contributed by atoms with Crippen molar-refractivity contribution in [2.24, 2.45) is 0 Å². The van der Waals surface area contributed by atoms with Crippen LogP contribution < -0.4 is 10.6 Å². The van der Waals surface area contributed by atoms with Crippen molar-refractivity contribution < 1.29 is 13.6 Å². The minimum Gasteiger partial charge on any atom is -0.325 e. The summed E-state index contributed by atoms with van der Waals surface area (Å²) in [7, 11) is 0. The van der Waals surface area contributed by atoms with E-state index in [1.54, 1.807) is 31.2 Å². The number of halogens is 2. The van der Waals surface area contributed by atoms with Gasteiger partial charge in [-0.1, -0.05) is 42.1 Å². The molecule has 24 heavy (non-hydrogen) atoms. The third kappa shape index (κ3) is 5.62. The molecule has 128 valence electrons. The summed E-state index contributed by atoms with van der Waals surface area (Å²) in [6.45, 7) is 3.78. The van der Waals surface area contributed by atoms with Crippen molar-refractivity contribution in [3.63, 3.8) is 0 Å². The Morgan fingerprint density at radius 2 is 1.62 bits per heavy atom. The first-order valence-corrected chi connectivity index (χ1v) is 8.50. The number of hydrogen-bond acceptors (Lipinski definition) is 3. The molecule has 0 fully saturated rings. The van der Waals surface area contributed by atoms with Crippen molar-refractivity contribution in [1.82, 2.24) is 5.32 Å². The number of thioether (sulfide) groups is 1. The van der Waals surface area contributed by atoms with Crippen LogP contribution in [0, 0.1) is 0 Å². The van der Waals surface area contributed by atoms with Crippen LogP contribution in [0.4, 0.5) is 14.5 Å². The Balaban J connectivity index is 1.89. The summed E-state index contributed by atoms with van der Waals surface area (Å²) >= 11 is 0.480. The third-order valence-corrected chi connectivity index (χ3v) is 4.26. The first kappa shape index (κ1) is 18.4. The smallest absolute Gasteiger partial charge is 0.288 e. The van der Waals surface area contributed by atoms with Crippen molar-refractivity contribution in [3.8, 4) is 0 Å². The number of alkyl halides is 2. The van der Waals surface area contributed by atoms with E-state index in [2.05, 4.69) is 10.6 Å². The highest BCUT2D eigenvalue weighted by Crippen LogP contribution is 2.26. The first-order chi connectivity index (χ1) is 11.5. The van der Waals surface area contributed by atoms with Crippen LogP contribution in [0.2, 0.25) is 0 Å². The van der Waals surface area contributed by atoms with Gasteiger partial charge in [0.25, 0.3) is 5.76 Å². The lowest BCUT2D eigenvalue weighted by atomic mass is 10.1. The Hall–Kier alpha value is -1.92. The number of benzene rings is 2. The zero-order valence-corrected chi connectivity index (χ0v) is 14.3. The Morgan fingerprint density at radius 1 is 1.00 bits per heavy atom. The van der Waals surface area contributed by atoms with Crippen molar-refractivity contribution in [2.45, 2.75) is 36.6 Å². The highest BCUT2D eigenvalue weighted by atomic mass is 32.2. The molecular formula is C18H20F2N2OS. The number of nitrogens with one attached hydrogen (secondary N) is 2. The van der Waals surface area contributed by atoms with Crippen molar-refractivity contribution in [3.05, 3.63) is 60.2 Å². The van der Waals surface area contributed by atoms with E-state index in [1.165, 1.54) is 0 Å². The van der Waals surface area contributed by atoms with Crippen LogP contribution in [0.1, 0.15) is 25.5 Å². The molecule has 0 aliphatic rings. The molecule has 3 nitrogen and oxygen atoms in total. The highest BCUT2D eigenvalue weighted by Gasteiger charge is 2.16. The zero-order valence-electron chi connectivity index (χ0n) is 13.5. The van der Waals surface area contributed by atoms with Crippen LogP contribution in [0.25, 0.3) is 0 Å². The molecule has 2 aromatic carbocycles. The average Bonchev–Trinajstić information content (AvgIpc) is 2.56. The third-order valence-electron chi connectivity index (χ3n) is 3.54. The number of amides is 1. The van der Waals surface area contributed by atoms with E-state index >= 15 is 0 Å². The van der Waals surface area contributed by atoms with Crippen LogP contribution in [0.15, 0.2) is 59.5 Å². The maximum atomic E-state index is 12.3. The minimum absolute atomic E-state index is 0.0387. The number of rotatable bonds is 7. The van der Waals surface area contributed by atoms with Gasteiger partial charge < -0.3 is 5.32 Å². The predicted molar refractivity (Wildman–Crippen MR) is 94.4 cm³/mol. The predicted octanol–water partition coefficient (Wildman–Crippen LogP) is 4.68. The molecule has 0 bridgehead atoms. The maximum Gasteiger partial charge on any atom is 0.288 e. The van der Waals surface area contributed by atoms with Crippen LogP contribution >= 0.6 is 11.8 Å². The fourth-order valence-electron chi connectivity index (χ4n) is 2.26. The summed E-state index contributed by atoms with van der Waals surface area (Å²) in [6, 6.07) is 15.9. The number of carbonyl (C=O) groups is 1. The maximum absolute atomic E-state index is 12.3. The quantitative estimate of drug-likeness (QED) is 0.713. The van der Waals surface area contributed by atoms with Gasteiger partial charge in [-0.15, -0.1) is 0 Å². The van der Waals surface area contributed by atoms with Crippen molar-refractivity contribution in [2.75, 3.05) is 5.32 Å². The van der Waals surface area contributed by atoms with Crippen LogP contribution in [-0.4, -0.2) is 17.7 Å². The van der Waals surface area contributed by atoms with Gasteiger partial charge in [0.15, 0.2) is 0 Å². The SMILES string of the molecule is C[C@H](N[C@H](C)C(=O)Nc1ccc(SC(F)F)cc1)c1ccccc1. The molecule has 6 heteroatoms. The van der Waals surface area contributed by atoms with E-state index in [1.807, 2.05) is 37.3 Å². The number of hydrogen-bond donors (Lipinski definition) is 2. The molecule has 2 rings (SSSR count). The standard InChI is InChI=1S/C18H20F2N2OS/c1-12(14-6-4-3-5-7-14)21-13(2)17(23)22-15-8-10-16(11-9-15)24-18(19)20/h3-13,18,21H,1-2H3,(H,22,23)/t12-,13+/m0/s1. The molecule has 0 saturated carbocycles. The van der Waals surface area contributed by atoms with Gasteiger partial charge >= 0.3 is 0 Å². The summed E-state index contributed by atoms with van der Waals surface area (Å²) in [5, 5.41) is 6.02. The Kier molecular flexibility index (Phi) is 6.75. The van der Waals surface area contributed by atoms with Gasteiger partial charge in [-0.2, -0.15) is 8.78 Å². The van der Waals surface area contributed by atoms with E-state index < -0.39 is 11.8 Å². The summed E-state index contributed by atoms with van der Waals surface area (Å²) in [5.41, 5.74) is 1.69. The van der Waals surface area contributed by atoms with E-state index in [0.717, 1.165) is 5.56 Å². The van der Waals surface area contributed by atoms with E-state index in [9.17, 15) is 13.6 Å². The Labute approximate surface area is 144 Å². The second kappa shape index (κ2) is 8.80. The molecule has 0 aliphatic carbocycles. The van der Waals surface area contributed by atoms with E-state index in [-0.39, 0.29) is 11.9 Å². The molecule has 0 aromatic heterocycles. The topological polar surface area (TPSA) is 41.1 Å². The summed E-state index contributed by atoms with van der Waals surface area (Å²) in [6.07, 6.45) is 0. The molecule has 2 atom stereocenters. The molecule has 2 N–H and O–H groups in total. The van der Waals surface area contributed by atoms with Gasteiger partial charge in [-0.3, -0.25) is 10.1 Å². The molecule has 0 spiro atoms. The Morgan fingerprint density at radius 3 is 2.21 bits per heavy atom. The summed E-state index contributed by atoms with van der Waals surface area (Å²) in [5.74, 6) is -2.62.